The van der Waals surface area contributed by atoms with Gasteiger partial charge in [0.15, 0.2) is 0 Å². The lowest BCUT2D eigenvalue weighted by molar-refractivity contribution is 0.0953. The van der Waals surface area contributed by atoms with Crippen molar-refractivity contribution in [2.75, 3.05) is 0 Å². The van der Waals surface area contributed by atoms with Crippen LogP contribution in [0.15, 0.2) is 0 Å². The van der Waals surface area contributed by atoms with Gasteiger partial charge in [0.25, 0.3) is 0 Å². The predicted molar refractivity (Wildman–Crippen MR) is 54.9 cm³/mol. The van der Waals surface area contributed by atoms with Crippen molar-refractivity contribution in [3.05, 3.63) is 0 Å². The molecule has 10 heavy (non-hydrogen) atoms. The van der Waals surface area contributed by atoms with Crippen LogP contribution in [0.1, 0.15) is 34.1 Å². The van der Waals surface area contributed by atoms with Gasteiger partial charge in [-0.3, -0.25) is 0 Å². The average Bonchev–Trinajstić information content (AvgIpc) is 1.86. The number of hydrogen-bond donors (Lipinski definition) is 0. The highest BCUT2D eigenvalue weighted by Gasteiger charge is 2.22. The first-order chi connectivity index (χ1) is 4.04. The van der Waals surface area contributed by atoms with Crippen LogP contribution in [0.4, 0.5) is 0 Å². The molecule has 0 aromatic carbocycles. The van der Waals surface area contributed by atoms with Gasteiger partial charge in [-0.05, 0) is 18.8 Å². The maximum absolute atomic E-state index is 5.34. The van der Waals surface area contributed by atoms with Gasteiger partial charge < -0.3 is 4.43 Å². The highest BCUT2D eigenvalue weighted by atomic mass is 32.1. The lowest BCUT2D eigenvalue weighted by Gasteiger charge is -2.29. The second-order valence-corrected chi connectivity index (χ2v) is 3.69. The summed E-state index contributed by atoms with van der Waals surface area (Å²) in [5.41, 5.74) is 0.363. The summed E-state index contributed by atoms with van der Waals surface area (Å²) in [5, 5.41) is 0. The van der Waals surface area contributed by atoms with Gasteiger partial charge in [0.05, 0.1) is 0 Å². The molecule has 0 saturated carbocycles. The minimum absolute atomic E-state index is 0. The molecule has 3 heteroatoms. The summed E-state index contributed by atoms with van der Waals surface area (Å²) in [7, 11) is 0.858. The molecule has 0 spiro atoms. The number of rotatable bonds is 3. The second-order valence-electron chi connectivity index (χ2n) is 3.22. The molecule has 0 aromatic rings. The van der Waals surface area contributed by atoms with Gasteiger partial charge in [0.1, 0.15) is 10.5 Å². The fourth-order valence-electron chi connectivity index (χ4n) is 0.606. The van der Waals surface area contributed by atoms with Crippen LogP contribution in [0, 0.1) is 5.41 Å². The molecule has 0 amide bonds. The Morgan fingerprint density at radius 3 is 2.00 bits per heavy atom. The third-order valence-electron chi connectivity index (χ3n) is 2.37. The topological polar surface area (TPSA) is 9.23 Å². The molecule has 0 heterocycles. The van der Waals surface area contributed by atoms with Gasteiger partial charge in [-0.2, -0.15) is 13.5 Å². The van der Waals surface area contributed by atoms with E-state index in [1.165, 1.54) is 6.42 Å². The molecule has 0 aliphatic carbocycles. The van der Waals surface area contributed by atoms with Crippen molar-refractivity contribution in [2.24, 2.45) is 5.41 Å². The first-order valence-electron chi connectivity index (χ1n) is 3.57. The van der Waals surface area contributed by atoms with Gasteiger partial charge in [0.2, 0.25) is 0 Å². The Hall–Kier alpha value is 0.527. The van der Waals surface area contributed by atoms with Crippen LogP contribution in [0.2, 0.25) is 0 Å². The Morgan fingerprint density at radius 2 is 1.90 bits per heavy atom. The van der Waals surface area contributed by atoms with Crippen molar-refractivity contribution in [1.29, 1.82) is 0 Å². The lowest BCUT2D eigenvalue weighted by atomic mass is 9.85. The first kappa shape index (κ1) is 13.1. The maximum atomic E-state index is 5.34. The minimum Gasteiger partial charge on any atom is -0.425 e. The summed E-state index contributed by atoms with van der Waals surface area (Å²) >= 11 is 0. The summed E-state index contributed by atoms with van der Waals surface area (Å²) in [5.74, 6) is 0. The van der Waals surface area contributed by atoms with Crippen molar-refractivity contribution < 1.29 is 4.43 Å². The molecule has 1 unspecified atom stereocenters. The van der Waals surface area contributed by atoms with Crippen LogP contribution in [0.25, 0.3) is 0 Å². The van der Waals surface area contributed by atoms with E-state index >= 15 is 0 Å². The van der Waals surface area contributed by atoms with E-state index in [9.17, 15) is 0 Å². The smallest absolute Gasteiger partial charge is 0.146 e. The molecule has 0 rings (SSSR count). The van der Waals surface area contributed by atoms with Crippen molar-refractivity contribution in [3.63, 3.8) is 0 Å². The highest BCUT2D eigenvalue weighted by Crippen LogP contribution is 2.25. The molecule has 0 N–H and O–H groups in total. The zero-order chi connectivity index (χ0) is 7.49. The molecule has 0 saturated heterocycles. The van der Waals surface area contributed by atoms with E-state index in [0.717, 1.165) is 10.5 Å². The molecule has 0 fully saturated rings. The number of hydrogen-bond acceptors (Lipinski definition) is 1. The van der Waals surface area contributed by atoms with Crippen LogP contribution >= 0.6 is 13.5 Å². The Bertz CT molecular complexity index is 85.7. The average molecular weight is 180 g/mol. The van der Waals surface area contributed by atoms with Crippen molar-refractivity contribution in [2.45, 2.75) is 40.2 Å². The van der Waals surface area contributed by atoms with Crippen molar-refractivity contribution in [3.8, 4) is 0 Å². The molecular formula is C7H20OSSi. The summed E-state index contributed by atoms with van der Waals surface area (Å²) in [6.45, 7) is 8.85. The van der Waals surface area contributed by atoms with Crippen LogP contribution in [-0.2, 0) is 4.43 Å². The van der Waals surface area contributed by atoms with Gasteiger partial charge in [-0.25, -0.2) is 0 Å². The van der Waals surface area contributed by atoms with Crippen molar-refractivity contribution in [1.82, 2.24) is 0 Å². The van der Waals surface area contributed by atoms with Gasteiger partial charge >= 0.3 is 0 Å². The Kier molecular flexibility index (Phi) is 6.85. The molecule has 1 nitrogen and oxygen atoms in total. The largest absolute Gasteiger partial charge is 0.425 e. The van der Waals surface area contributed by atoms with Crippen LogP contribution in [-0.4, -0.2) is 16.6 Å². The molecule has 0 aromatic heterocycles. The Labute approximate surface area is 74.5 Å². The zero-order valence-electron chi connectivity index (χ0n) is 7.69. The summed E-state index contributed by atoms with van der Waals surface area (Å²) in [6.07, 6.45) is 1.62. The van der Waals surface area contributed by atoms with E-state index in [1.807, 2.05) is 0 Å². The monoisotopic (exact) mass is 180 g/mol. The van der Waals surface area contributed by atoms with Crippen molar-refractivity contribution >= 4 is 24.0 Å². The van der Waals surface area contributed by atoms with Crippen LogP contribution < -0.4 is 0 Å². The minimum atomic E-state index is 0. The lowest BCUT2D eigenvalue weighted by Crippen LogP contribution is -2.27. The summed E-state index contributed by atoms with van der Waals surface area (Å²) < 4.78 is 5.34. The van der Waals surface area contributed by atoms with Crippen LogP contribution in [0.3, 0.4) is 0 Å². The predicted octanol–water partition coefficient (Wildman–Crippen LogP) is 1.22. The molecule has 0 aliphatic heterocycles. The van der Waals surface area contributed by atoms with Crippen LogP contribution in [0.5, 0.6) is 0 Å². The van der Waals surface area contributed by atoms with E-state index in [1.54, 1.807) is 0 Å². The van der Waals surface area contributed by atoms with E-state index in [0.29, 0.717) is 11.5 Å². The van der Waals surface area contributed by atoms with Gasteiger partial charge in [-0.1, -0.05) is 20.8 Å². The standard InChI is InChI=1S/C7H18OSi.H2S/c1-5-7(3,4)6(2)8-9;/h6H,5H2,1-4,9H3;1H2. The molecule has 0 aliphatic rings. The molecule has 64 valence electrons. The van der Waals surface area contributed by atoms with E-state index in [4.69, 9.17) is 4.43 Å². The van der Waals surface area contributed by atoms with E-state index < -0.39 is 0 Å². The zero-order valence-corrected chi connectivity index (χ0v) is 10.7. The summed E-state index contributed by atoms with van der Waals surface area (Å²) in [6, 6.07) is 0. The molecule has 1 atom stereocenters. The Balaban J connectivity index is 0. The maximum Gasteiger partial charge on any atom is 0.146 e. The first-order valence-corrected chi connectivity index (χ1v) is 4.39. The molecule has 0 radical (unpaired) electrons. The third kappa shape index (κ3) is 3.64. The fraction of sp³-hybridized carbons (Fsp3) is 1.00. The SMILES string of the molecule is CCC(C)(C)C(C)O[SiH3].S. The third-order valence-corrected chi connectivity index (χ3v) is 3.07. The van der Waals surface area contributed by atoms with Gasteiger partial charge in [0, 0.05) is 6.10 Å². The highest BCUT2D eigenvalue weighted by molar-refractivity contribution is 7.59. The second kappa shape index (κ2) is 5.21. The fourth-order valence-corrected chi connectivity index (χ4v) is 1.24. The van der Waals surface area contributed by atoms with E-state index in [2.05, 4.69) is 27.7 Å². The normalized spacial score (nSPS) is 14.4. The molecular weight excluding hydrogens is 160 g/mol. The Morgan fingerprint density at radius 1 is 1.50 bits per heavy atom. The summed E-state index contributed by atoms with van der Waals surface area (Å²) in [4.78, 5) is 0. The van der Waals surface area contributed by atoms with E-state index in [-0.39, 0.29) is 13.5 Å². The van der Waals surface area contributed by atoms with Gasteiger partial charge in [-0.15, -0.1) is 0 Å². The molecule has 0 bridgehead atoms. The quantitative estimate of drug-likeness (QED) is 0.594.